The molecular weight excluding hydrogens is 436 g/mol. The van der Waals surface area contributed by atoms with Crippen molar-refractivity contribution in [2.24, 2.45) is 0 Å². The van der Waals surface area contributed by atoms with E-state index in [0.29, 0.717) is 29.9 Å². The molecule has 0 saturated carbocycles. The highest BCUT2D eigenvalue weighted by atomic mass is 28.3. The summed E-state index contributed by atoms with van der Waals surface area (Å²) in [6.45, 7) is 9.33. The third kappa shape index (κ3) is 4.85. The molecule has 2 N–H and O–H groups in total. The van der Waals surface area contributed by atoms with Gasteiger partial charge in [-0.3, -0.25) is 9.47 Å². The summed E-state index contributed by atoms with van der Waals surface area (Å²) in [7, 11) is -1.23. The van der Waals surface area contributed by atoms with Crippen molar-refractivity contribution in [2.75, 3.05) is 24.6 Å². The molecule has 1 amide bonds. The molecule has 0 radical (unpaired) electrons. The number of aromatic nitrogens is 3. The van der Waals surface area contributed by atoms with E-state index in [9.17, 15) is 15.2 Å². The van der Waals surface area contributed by atoms with Crippen LogP contribution in [0.1, 0.15) is 18.5 Å². The zero-order valence-electron chi connectivity index (χ0n) is 19.3. The van der Waals surface area contributed by atoms with Gasteiger partial charge in [-0.05, 0) is 37.6 Å². The van der Waals surface area contributed by atoms with E-state index in [-0.39, 0.29) is 18.5 Å². The minimum atomic E-state index is -1.23. The number of nitrogens with one attached hydrogen (secondary N) is 1. The number of piperidine rings is 1. The van der Waals surface area contributed by atoms with Crippen molar-refractivity contribution in [3.05, 3.63) is 30.2 Å². The quantitative estimate of drug-likeness (QED) is 0.399. The van der Waals surface area contributed by atoms with E-state index in [4.69, 9.17) is 4.74 Å². The number of hydrogen-bond donors (Lipinski definition) is 2. The summed E-state index contributed by atoms with van der Waals surface area (Å²) >= 11 is 0. The van der Waals surface area contributed by atoms with Crippen LogP contribution in [-0.4, -0.2) is 59.5 Å². The maximum absolute atomic E-state index is 12.4. The Kier molecular flexibility index (Phi) is 6.65. The van der Waals surface area contributed by atoms with Gasteiger partial charge in [0.05, 0.1) is 28.8 Å². The van der Waals surface area contributed by atoms with Crippen LogP contribution in [0.4, 0.5) is 10.5 Å². The number of fused-ring (bicyclic) bond motifs is 3. The molecule has 0 aliphatic carbocycles. The molecular formula is C23H30N6O3Si. The predicted octanol–water partition coefficient (Wildman–Crippen LogP) is 4.00. The lowest BCUT2D eigenvalue weighted by Gasteiger charge is -2.33. The molecule has 9 nitrogen and oxygen atoms in total. The first-order chi connectivity index (χ1) is 15.8. The molecule has 3 aromatic rings. The number of carboxylic acid groups (broad SMARTS) is 1. The Morgan fingerprint density at radius 1 is 1.42 bits per heavy atom. The molecule has 10 heteroatoms. The Morgan fingerprint density at radius 3 is 2.91 bits per heavy atom. The molecule has 1 aliphatic heterocycles. The second-order valence-electron chi connectivity index (χ2n) is 9.66. The van der Waals surface area contributed by atoms with E-state index >= 15 is 0 Å². The highest BCUT2D eigenvalue weighted by Gasteiger charge is 2.30. The van der Waals surface area contributed by atoms with Gasteiger partial charge in [0, 0.05) is 32.8 Å². The number of ether oxygens (including phenoxy) is 1. The van der Waals surface area contributed by atoms with Crippen LogP contribution in [0.3, 0.4) is 0 Å². The average Bonchev–Trinajstić information content (AvgIpc) is 3.10. The first kappa shape index (κ1) is 23.2. The number of rotatable bonds is 7. The fourth-order valence-electron chi connectivity index (χ4n) is 4.32. The molecule has 1 unspecified atom stereocenters. The number of nitrogens with zero attached hydrogens (tertiary/aromatic N) is 5. The van der Waals surface area contributed by atoms with Gasteiger partial charge >= 0.3 is 6.09 Å². The summed E-state index contributed by atoms with van der Waals surface area (Å²) in [5.41, 5.74) is 2.24. The minimum Gasteiger partial charge on any atom is -0.465 e. The molecule has 1 aliphatic rings. The van der Waals surface area contributed by atoms with Crippen molar-refractivity contribution >= 4 is 41.8 Å². The van der Waals surface area contributed by atoms with Gasteiger partial charge in [0.25, 0.3) is 0 Å². The molecule has 3 aromatic heterocycles. The maximum atomic E-state index is 12.4. The first-order valence-electron chi connectivity index (χ1n) is 11.3. The number of nitriles is 1. The average molecular weight is 467 g/mol. The molecule has 4 rings (SSSR count). The standard InChI is InChI=1S/C23H30N6O3Si/c1-33(2,3)10-9-32-15-28-20-14-27-16(12-24)11-18(20)21-19(6-8-26-22(21)28)29(23(30)31)17-5-4-7-25-13-17/h6,8,11,14,17,25H,4-5,7,9-10,13,15H2,1-3H3,(H,30,31). The third-order valence-corrected chi connectivity index (χ3v) is 7.74. The predicted molar refractivity (Wildman–Crippen MR) is 130 cm³/mol. The Balaban J connectivity index is 1.84. The van der Waals surface area contributed by atoms with Gasteiger partial charge in [-0.1, -0.05) is 19.6 Å². The molecule has 1 atom stereocenters. The highest BCUT2D eigenvalue weighted by molar-refractivity contribution is 6.76. The summed E-state index contributed by atoms with van der Waals surface area (Å²) in [5.74, 6) is 0. The van der Waals surface area contributed by atoms with Crippen LogP contribution in [-0.2, 0) is 11.5 Å². The molecule has 1 saturated heterocycles. The Bertz CT molecular complexity index is 1210. The SMILES string of the molecule is C[Si](C)(C)CCOCn1c2cnc(C#N)cc2c2c(N(C(=O)O)C3CCCNC3)ccnc21. The Morgan fingerprint density at radius 2 is 2.24 bits per heavy atom. The van der Waals surface area contributed by atoms with Crippen molar-refractivity contribution in [1.29, 1.82) is 5.26 Å². The van der Waals surface area contributed by atoms with Crippen molar-refractivity contribution in [2.45, 2.75) is 51.3 Å². The van der Waals surface area contributed by atoms with Gasteiger partial charge in [-0.25, -0.2) is 14.8 Å². The van der Waals surface area contributed by atoms with E-state index in [2.05, 4.69) is 41.0 Å². The Hall–Kier alpha value is -3.00. The highest BCUT2D eigenvalue weighted by Crippen LogP contribution is 2.36. The molecule has 0 aromatic carbocycles. The van der Waals surface area contributed by atoms with Crippen LogP contribution in [0, 0.1) is 11.3 Å². The van der Waals surface area contributed by atoms with Crippen LogP contribution < -0.4 is 10.2 Å². The zero-order valence-corrected chi connectivity index (χ0v) is 20.3. The van der Waals surface area contributed by atoms with E-state index in [1.54, 1.807) is 24.5 Å². The van der Waals surface area contributed by atoms with Crippen molar-refractivity contribution in [3.63, 3.8) is 0 Å². The number of carbonyl (C=O) groups is 1. The lowest BCUT2D eigenvalue weighted by atomic mass is 10.0. The van der Waals surface area contributed by atoms with E-state index in [0.717, 1.165) is 36.3 Å². The lowest BCUT2D eigenvalue weighted by Crippen LogP contribution is -2.48. The van der Waals surface area contributed by atoms with Gasteiger partial charge in [0.15, 0.2) is 0 Å². The summed E-state index contributed by atoms with van der Waals surface area (Å²) in [5, 5.41) is 24.3. The van der Waals surface area contributed by atoms with Crippen molar-refractivity contribution < 1.29 is 14.6 Å². The van der Waals surface area contributed by atoms with Crippen molar-refractivity contribution in [3.8, 4) is 6.07 Å². The summed E-state index contributed by atoms with van der Waals surface area (Å²) in [6, 6.07) is 6.41. The monoisotopic (exact) mass is 466 g/mol. The molecule has 1 fully saturated rings. The lowest BCUT2D eigenvalue weighted by molar-refractivity contribution is 0.0925. The largest absolute Gasteiger partial charge is 0.465 e. The fraction of sp³-hybridized carbons (Fsp3) is 0.478. The maximum Gasteiger partial charge on any atom is 0.412 e. The van der Waals surface area contributed by atoms with Gasteiger partial charge in [-0.15, -0.1) is 0 Å². The van der Waals surface area contributed by atoms with Crippen molar-refractivity contribution in [1.82, 2.24) is 19.9 Å². The number of amides is 1. The van der Waals surface area contributed by atoms with Gasteiger partial charge in [0.2, 0.25) is 0 Å². The smallest absolute Gasteiger partial charge is 0.412 e. The fourth-order valence-corrected chi connectivity index (χ4v) is 5.07. The number of anilines is 1. The van der Waals surface area contributed by atoms with Crippen LogP contribution in [0.2, 0.25) is 25.7 Å². The third-order valence-electron chi connectivity index (χ3n) is 6.04. The molecule has 33 heavy (non-hydrogen) atoms. The first-order valence-corrected chi connectivity index (χ1v) is 15.0. The second-order valence-corrected chi connectivity index (χ2v) is 15.3. The van der Waals surface area contributed by atoms with E-state index < -0.39 is 14.2 Å². The number of hydrogen-bond acceptors (Lipinski definition) is 6. The zero-order chi connectivity index (χ0) is 23.6. The van der Waals surface area contributed by atoms with Crippen LogP contribution in [0.25, 0.3) is 21.9 Å². The molecule has 174 valence electrons. The minimum absolute atomic E-state index is 0.175. The summed E-state index contributed by atoms with van der Waals surface area (Å²) < 4.78 is 7.94. The Labute approximate surface area is 194 Å². The van der Waals surface area contributed by atoms with E-state index in [1.165, 1.54) is 4.90 Å². The van der Waals surface area contributed by atoms with Crippen LogP contribution in [0.15, 0.2) is 24.5 Å². The molecule has 0 bridgehead atoms. The number of pyridine rings is 2. The second kappa shape index (κ2) is 9.47. The van der Waals surface area contributed by atoms with Crippen LogP contribution in [0.5, 0.6) is 0 Å². The topological polar surface area (TPSA) is 116 Å². The summed E-state index contributed by atoms with van der Waals surface area (Å²) in [4.78, 5) is 22.7. The van der Waals surface area contributed by atoms with Gasteiger partial charge in [-0.2, -0.15) is 5.26 Å². The summed E-state index contributed by atoms with van der Waals surface area (Å²) in [6.07, 6.45) is 3.98. The van der Waals surface area contributed by atoms with Gasteiger partial charge in [0.1, 0.15) is 24.1 Å². The molecule has 4 heterocycles. The van der Waals surface area contributed by atoms with Crippen LogP contribution >= 0.6 is 0 Å². The normalized spacial score (nSPS) is 16.7. The van der Waals surface area contributed by atoms with E-state index in [1.807, 2.05) is 4.57 Å². The van der Waals surface area contributed by atoms with Gasteiger partial charge < -0.3 is 15.2 Å². The molecule has 0 spiro atoms.